The molecule has 0 unspecified atom stereocenters. The number of rotatable bonds is 14. The third-order valence-corrected chi connectivity index (χ3v) is 19.6. The molecule has 0 aliphatic carbocycles. The predicted octanol–water partition coefficient (Wildman–Crippen LogP) is 13.4. The maximum Gasteiger partial charge on any atom is 0.266 e. The lowest BCUT2D eigenvalue weighted by atomic mass is 10.00. The quantitative estimate of drug-likeness (QED) is 0.0397. The summed E-state index contributed by atoms with van der Waals surface area (Å²) < 4.78 is 28.4. The van der Waals surface area contributed by atoms with Crippen LogP contribution in [0.15, 0.2) is 279 Å². The van der Waals surface area contributed by atoms with Gasteiger partial charge in [0.1, 0.15) is 50.3 Å². The van der Waals surface area contributed by atoms with Crippen molar-refractivity contribution >= 4 is 136 Å². The maximum atomic E-state index is 11.8. The number of phenolic OH excluding ortho intramolecular Hbond substituents is 2. The first kappa shape index (κ1) is 75.5. The van der Waals surface area contributed by atoms with Crippen LogP contribution in [0.2, 0.25) is 0 Å². The van der Waals surface area contributed by atoms with E-state index in [4.69, 9.17) is 31.2 Å². The van der Waals surface area contributed by atoms with Gasteiger partial charge in [-0.25, -0.2) is 0 Å². The van der Waals surface area contributed by atoms with Crippen molar-refractivity contribution in [1.82, 2.24) is 25.3 Å². The number of benzene rings is 10. The van der Waals surface area contributed by atoms with Gasteiger partial charge in [-0.15, -0.1) is 45.3 Å². The molecule has 10 aromatic carbocycles. The number of thioether (sulfide) groups is 1. The monoisotopic (exact) mass is 1520 g/mol. The molecule has 107 heavy (non-hydrogen) atoms. The van der Waals surface area contributed by atoms with Crippen molar-refractivity contribution in [1.29, 1.82) is 0 Å². The summed E-state index contributed by atoms with van der Waals surface area (Å²) in [6.45, 7) is 17.0. The van der Waals surface area contributed by atoms with Gasteiger partial charge in [-0.2, -0.15) is 0 Å². The fourth-order valence-electron chi connectivity index (χ4n) is 9.87. The van der Waals surface area contributed by atoms with E-state index in [1.165, 1.54) is 62.7 Å². The van der Waals surface area contributed by atoms with E-state index in [1.54, 1.807) is 72.8 Å². The van der Waals surface area contributed by atoms with E-state index in [0.29, 0.717) is 69.0 Å². The van der Waals surface area contributed by atoms with Crippen molar-refractivity contribution in [2.24, 2.45) is 0 Å². The van der Waals surface area contributed by atoms with E-state index in [2.05, 4.69) is 69.8 Å². The van der Waals surface area contributed by atoms with Crippen LogP contribution in [0.25, 0.3) is 67.8 Å². The van der Waals surface area contributed by atoms with Crippen molar-refractivity contribution < 1.29 is 34.0 Å². The molecule has 14 aromatic rings. The summed E-state index contributed by atoms with van der Waals surface area (Å²) >= 11 is 11.6. The lowest BCUT2D eigenvalue weighted by Crippen LogP contribution is -2.19. The normalized spacial score (nSPS) is 12.5. The van der Waals surface area contributed by atoms with Gasteiger partial charge in [0.05, 0.1) is 41.7 Å². The molecule has 15 rings (SSSR count). The molecule has 0 atom stereocenters. The standard InChI is InChI=1S/2C17H13NO3S.C17H13NO2S2.C17H13NO2S.C17H13NOS/c1-11-18-17(20)16(22-11)9-12-5-7-14(8-6-12)21-15-4-2-3-13(19)10-15;1-11-18-17(20)16(22-11)10-12-6-8-13(9-7-12)21-15-5-3-2-4-14(15)19;1-11-2-6-13(7-3-11)20-14-8-4-12(5-9-14)10-15-16(19)18-17(21)22-15;1-12-18-17(19)16(21-12)11-13-7-9-15(10-8-13)20-14-5-3-2-4-6-14;1-12-18-17(19)16(20-12)11-14-9-5-6-10-15(14)13-7-3-2-4-8-13/h2*2-10,19H,1H2,(H,18,20);2-10H,1H3,(H,18,19,21);2-11H,1H2,(H,18,19);2-11H,1H2,(H,18,19)/b16-9-;16-10-;15-10-;2*16-11-. The molecular weight excluding hydrogens is 1460 g/mol. The lowest BCUT2D eigenvalue weighted by molar-refractivity contribution is -0.115. The van der Waals surface area contributed by atoms with E-state index >= 15 is 0 Å². The average molecular weight is 1520 g/mol. The van der Waals surface area contributed by atoms with Crippen molar-refractivity contribution in [3.8, 4) is 68.6 Å². The summed E-state index contributed by atoms with van der Waals surface area (Å²) in [7, 11) is 0. The van der Waals surface area contributed by atoms with Crippen LogP contribution in [0, 0.1) is 6.92 Å². The number of hydrogen-bond donors (Lipinski definition) is 7. The topological polar surface area (TPSA) is 238 Å². The highest BCUT2D eigenvalue weighted by Gasteiger charge is 2.22. The average Bonchev–Trinajstić information content (AvgIpc) is 1.82. The second-order valence-corrected chi connectivity index (χ2v) is 29.3. The van der Waals surface area contributed by atoms with E-state index in [-0.39, 0.29) is 39.6 Å². The van der Waals surface area contributed by atoms with Crippen molar-refractivity contribution in [3.05, 3.63) is 371 Å². The second-order valence-electron chi connectivity index (χ2n) is 23.0. The number of ether oxygens (including phenoxy) is 4. The molecule has 1 aliphatic heterocycles. The van der Waals surface area contributed by atoms with Crippen LogP contribution < -0.4 is 83.3 Å². The molecule has 1 amide bonds. The van der Waals surface area contributed by atoms with Crippen LogP contribution in [0.5, 0.6) is 57.5 Å². The third-order valence-electron chi connectivity index (χ3n) is 14.9. The number of aryl methyl sites for hydroxylation is 1. The number of carbonyl (C=O) groups is 1. The van der Waals surface area contributed by atoms with Crippen LogP contribution in [-0.2, 0) is 4.79 Å². The van der Waals surface area contributed by atoms with Gasteiger partial charge in [0.2, 0.25) is 0 Å². The maximum absolute atomic E-state index is 11.8. The molecule has 4 aromatic heterocycles. The summed E-state index contributed by atoms with van der Waals surface area (Å²) in [5.41, 5.74) is 7.70. The van der Waals surface area contributed by atoms with Gasteiger partial charge >= 0.3 is 0 Å². The molecule has 16 nitrogen and oxygen atoms in total. The van der Waals surface area contributed by atoms with Crippen LogP contribution >= 0.6 is 69.3 Å². The summed E-state index contributed by atoms with van der Waals surface area (Å²) in [5, 5.41) is 21.7. The van der Waals surface area contributed by atoms with E-state index in [0.717, 1.165) is 61.9 Å². The van der Waals surface area contributed by atoms with Crippen molar-refractivity contribution in [2.45, 2.75) is 6.92 Å². The predicted molar refractivity (Wildman–Crippen MR) is 441 cm³/mol. The van der Waals surface area contributed by atoms with Gasteiger partial charge in [0, 0.05) is 6.07 Å². The van der Waals surface area contributed by atoms with E-state index < -0.39 is 0 Å². The molecule has 0 spiro atoms. The number of aromatic hydroxyl groups is 2. The van der Waals surface area contributed by atoms with Crippen LogP contribution in [0.4, 0.5) is 0 Å². The number of aromatic nitrogens is 4. The Labute approximate surface area is 637 Å². The molecular formula is C85H65N5O11S6. The van der Waals surface area contributed by atoms with E-state index in [1.807, 2.05) is 201 Å². The Hall–Kier alpha value is -12.7. The van der Waals surface area contributed by atoms with Gasteiger partial charge in [-0.3, -0.25) is 24.0 Å². The molecule has 0 radical (unpaired) electrons. The minimum absolute atomic E-state index is 0.0807. The minimum Gasteiger partial charge on any atom is -0.508 e. The minimum atomic E-state index is -0.144. The number of aromatic amines is 4. The smallest absolute Gasteiger partial charge is 0.266 e. The first-order chi connectivity index (χ1) is 51.7. The zero-order chi connectivity index (χ0) is 75.2. The number of amides is 1. The summed E-state index contributed by atoms with van der Waals surface area (Å²) in [5.74, 6) is 5.44. The number of nitrogens with one attached hydrogen (secondary N) is 5. The summed E-state index contributed by atoms with van der Waals surface area (Å²) in [6.07, 6.45) is 9.16. The Morgan fingerprint density at radius 3 is 1.16 bits per heavy atom. The SMILES string of the molecule is C=c1[nH]c(=O)/c(=C/c2ccc(Oc3cccc(O)c3)cc2)s1.C=c1[nH]c(=O)/c(=C/c2ccc(Oc3ccccc3)cc2)s1.C=c1[nH]c(=O)/c(=C/c2ccc(Oc3ccccc3O)cc2)s1.C=c1[nH]c(=O)/c(=C/c2ccccc2-c2ccccc2)s1.Cc1ccc(Oc2ccc(/C=C3\SC(=S)NC3=O)cc2)cc1. The molecule has 1 fully saturated rings. The zero-order valence-electron chi connectivity index (χ0n) is 57.0. The fraction of sp³-hybridized carbons (Fsp3) is 0.0118. The van der Waals surface area contributed by atoms with Crippen LogP contribution in [-0.4, -0.2) is 40.4 Å². The number of phenols is 2. The zero-order valence-corrected chi connectivity index (χ0v) is 61.9. The van der Waals surface area contributed by atoms with Crippen LogP contribution in [0.3, 0.4) is 0 Å². The van der Waals surface area contributed by atoms with E-state index in [9.17, 15) is 34.2 Å². The van der Waals surface area contributed by atoms with Gasteiger partial charge in [-0.05, 0) is 173 Å². The van der Waals surface area contributed by atoms with Gasteiger partial charge in [-0.1, -0.05) is 208 Å². The fourth-order valence-corrected chi connectivity index (χ4v) is 13.9. The third kappa shape index (κ3) is 22.7. The number of para-hydroxylation sites is 3. The Bertz CT molecular complexity index is 6210. The lowest BCUT2D eigenvalue weighted by Gasteiger charge is -2.07. The molecule has 0 bridgehead atoms. The van der Waals surface area contributed by atoms with Crippen LogP contribution in [0.1, 0.15) is 33.4 Å². The van der Waals surface area contributed by atoms with Gasteiger partial charge in [0.25, 0.3) is 28.1 Å². The number of carbonyl (C=O) groups excluding carboxylic acids is 1. The Balaban J connectivity index is 0.000000133. The first-order valence-electron chi connectivity index (χ1n) is 32.6. The Morgan fingerprint density at radius 2 is 0.738 bits per heavy atom. The van der Waals surface area contributed by atoms with Gasteiger partial charge < -0.3 is 54.4 Å². The molecule has 22 heteroatoms. The Kier molecular flexibility index (Phi) is 25.9. The van der Waals surface area contributed by atoms with Crippen molar-refractivity contribution in [3.63, 3.8) is 0 Å². The number of thiocarbonyl (C=S) groups is 1. The molecule has 7 N–H and O–H groups in total. The highest BCUT2D eigenvalue weighted by atomic mass is 32.2. The second kappa shape index (κ2) is 36.7. The highest BCUT2D eigenvalue weighted by molar-refractivity contribution is 8.26. The summed E-state index contributed by atoms with van der Waals surface area (Å²) in [4.78, 5) is 69.5. The largest absolute Gasteiger partial charge is 0.508 e. The molecule has 1 saturated heterocycles. The Morgan fingerprint density at radius 1 is 0.374 bits per heavy atom. The van der Waals surface area contributed by atoms with Crippen molar-refractivity contribution in [2.75, 3.05) is 0 Å². The molecule has 5 heterocycles. The first-order valence-corrected chi connectivity index (χ1v) is 37.0. The molecule has 0 saturated carbocycles. The molecule has 1 aliphatic rings. The number of hydrogen-bond acceptors (Lipinski definition) is 17. The van der Waals surface area contributed by atoms with Gasteiger partial charge in [0.15, 0.2) is 11.5 Å². The number of thiazole rings is 4. The highest BCUT2D eigenvalue weighted by Crippen LogP contribution is 2.32. The summed E-state index contributed by atoms with van der Waals surface area (Å²) in [6, 6.07) is 78.9. The molecule has 532 valence electrons. The number of H-pyrrole nitrogens is 4.